The van der Waals surface area contributed by atoms with Crippen molar-refractivity contribution in [3.63, 3.8) is 0 Å². The highest BCUT2D eigenvalue weighted by Gasteiger charge is 2.60. The third kappa shape index (κ3) is 5.33. The molecule has 0 radical (unpaired) electrons. The van der Waals surface area contributed by atoms with Crippen LogP contribution in [0.25, 0.3) is 0 Å². The lowest BCUT2D eigenvalue weighted by Gasteiger charge is -2.37. The molecule has 1 saturated carbocycles. The van der Waals surface area contributed by atoms with Crippen LogP contribution in [0.15, 0.2) is 12.4 Å². The van der Waals surface area contributed by atoms with Crippen molar-refractivity contribution in [3.8, 4) is 0 Å². The van der Waals surface area contributed by atoms with Gasteiger partial charge in [-0.1, -0.05) is 16.8 Å². The summed E-state index contributed by atoms with van der Waals surface area (Å²) in [5, 5.41) is 17.3. The predicted molar refractivity (Wildman–Crippen MR) is 137 cm³/mol. The van der Waals surface area contributed by atoms with Gasteiger partial charge in [0, 0.05) is 19.0 Å². The first-order valence-corrected chi connectivity index (χ1v) is 14.6. The van der Waals surface area contributed by atoms with Gasteiger partial charge in [0.1, 0.15) is 30.5 Å². The molecule has 0 N–H and O–H groups in total. The second-order valence-corrected chi connectivity index (χ2v) is 12.6. The van der Waals surface area contributed by atoms with Crippen molar-refractivity contribution < 1.29 is 33.2 Å². The minimum Gasteiger partial charge on any atom is -0.347 e. The average Bonchev–Trinajstić information content (AvgIpc) is 3.71. The highest BCUT2D eigenvalue weighted by Crippen LogP contribution is 2.44. The van der Waals surface area contributed by atoms with Gasteiger partial charge in [0.2, 0.25) is 0 Å². The van der Waals surface area contributed by atoms with E-state index in [0.29, 0.717) is 32.5 Å². The molecule has 0 aromatic carbocycles. The summed E-state index contributed by atoms with van der Waals surface area (Å²) in [5.41, 5.74) is 1.88. The molecule has 2 aromatic rings. The van der Waals surface area contributed by atoms with E-state index in [-0.39, 0.29) is 36.3 Å². The zero-order chi connectivity index (χ0) is 27.5. The Kier molecular flexibility index (Phi) is 6.77. The van der Waals surface area contributed by atoms with Gasteiger partial charge in [-0.3, -0.25) is 0 Å². The number of aryl methyl sites for hydroxylation is 2. The number of nitrogens with zero attached hydrogens (tertiary/aromatic N) is 6. The van der Waals surface area contributed by atoms with Crippen LogP contribution in [0.4, 0.5) is 0 Å². The van der Waals surface area contributed by atoms with Crippen LogP contribution < -0.4 is 0 Å². The monoisotopic (exact) mass is 560 g/mol. The Labute approximate surface area is 233 Å². The Morgan fingerprint density at radius 3 is 2.48 bits per heavy atom. The molecule has 6 atom stereocenters. The molecular formula is C27H40N6O7. The van der Waals surface area contributed by atoms with E-state index in [9.17, 15) is 0 Å². The van der Waals surface area contributed by atoms with Crippen LogP contribution in [0, 0.1) is 0 Å². The minimum atomic E-state index is -0.755. The third-order valence-electron chi connectivity index (χ3n) is 8.44. The number of aromatic nitrogens is 6. The quantitative estimate of drug-likeness (QED) is 0.494. The summed E-state index contributed by atoms with van der Waals surface area (Å²) in [4.78, 5) is 0. The summed E-state index contributed by atoms with van der Waals surface area (Å²) in [5.74, 6) is -1.88. The molecule has 0 bridgehead atoms. The van der Waals surface area contributed by atoms with E-state index in [0.717, 1.165) is 24.2 Å². The Balaban J connectivity index is 0.968. The summed E-state index contributed by atoms with van der Waals surface area (Å²) in [6.07, 6.45) is 8.90. The van der Waals surface area contributed by atoms with Gasteiger partial charge in [0.05, 0.1) is 37.3 Å². The van der Waals surface area contributed by atoms with Gasteiger partial charge in [-0.15, -0.1) is 10.2 Å². The molecule has 40 heavy (non-hydrogen) atoms. The van der Waals surface area contributed by atoms with Gasteiger partial charge in [0.15, 0.2) is 23.7 Å². The molecule has 7 rings (SSSR count). The summed E-state index contributed by atoms with van der Waals surface area (Å²) in [6, 6.07) is 0. The van der Waals surface area contributed by atoms with Crippen LogP contribution in [0.5, 0.6) is 0 Å². The second-order valence-electron chi connectivity index (χ2n) is 12.6. The molecule has 1 aliphatic carbocycles. The van der Waals surface area contributed by atoms with E-state index in [1.807, 2.05) is 43.3 Å². The maximum absolute atomic E-state index is 6.36. The van der Waals surface area contributed by atoms with Crippen molar-refractivity contribution in [1.82, 2.24) is 30.0 Å². The van der Waals surface area contributed by atoms with Crippen LogP contribution in [-0.2, 0) is 59.1 Å². The van der Waals surface area contributed by atoms with Crippen molar-refractivity contribution in [1.29, 1.82) is 0 Å². The summed E-state index contributed by atoms with van der Waals surface area (Å²) in [6.45, 7) is 9.28. The van der Waals surface area contributed by atoms with Gasteiger partial charge >= 0.3 is 0 Å². The third-order valence-corrected chi connectivity index (χ3v) is 8.44. The molecule has 4 saturated heterocycles. The zero-order valence-electron chi connectivity index (χ0n) is 23.7. The fourth-order valence-electron chi connectivity index (χ4n) is 6.70. The molecule has 4 aliphatic heterocycles. The number of ether oxygens (including phenoxy) is 7. The standard InChI is InChI=1S/C27H40N6O7/c1-25(2)37-21-20(35-24-23(22(21)38-25)39-26(3,4)40-24)15-33-18(12-28-30-33)9-8-17-13-32(31-29-17)14-19-16-34-27(36-19)10-6-5-7-11-27/h12-13,19-24H,5-11,14-16H2,1-4H3/t19?,20-,21+,22+,23-,24-/m1/s1. The van der Waals surface area contributed by atoms with Crippen molar-refractivity contribution in [3.05, 3.63) is 23.8 Å². The lowest BCUT2D eigenvalue weighted by Crippen LogP contribution is -2.56. The smallest absolute Gasteiger partial charge is 0.190 e. The van der Waals surface area contributed by atoms with Crippen LogP contribution in [0.1, 0.15) is 71.2 Å². The van der Waals surface area contributed by atoms with Gasteiger partial charge in [-0.25, -0.2) is 9.36 Å². The van der Waals surface area contributed by atoms with E-state index in [1.165, 1.54) is 19.3 Å². The fourth-order valence-corrected chi connectivity index (χ4v) is 6.70. The molecule has 1 spiro atoms. The Morgan fingerprint density at radius 2 is 1.62 bits per heavy atom. The lowest BCUT2D eigenvalue weighted by molar-refractivity contribution is -0.236. The number of hydrogen-bond donors (Lipinski definition) is 0. The molecular weight excluding hydrogens is 520 g/mol. The highest BCUT2D eigenvalue weighted by atomic mass is 16.9. The van der Waals surface area contributed by atoms with E-state index in [4.69, 9.17) is 33.2 Å². The number of fused-ring (bicyclic) bond motifs is 3. The highest BCUT2D eigenvalue weighted by molar-refractivity contribution is 5.04. The van der Waals surface area contributed by atoms with Crippen molar-refractivity contribution in [2.45, 2.75) is 140 Å². The number of hydrogen-bond acceptors (Lipinski definition) is 11. The normalized spacial score (nSPS) is 35.7. The van der Waals surface area contributed by atoms with Gasteiger partial charge < -0.3 is 33.2 Å². The molecule has 2 aromatic heterocycles. The van der Waals surface area contributed by atoms with Gasteiger partial charge in [-0.05, 0) is 53.4 Å². The van der Waals surface area contributed by atoms with Crippen molar-refractivity contribution in [2.75, 3.05) is 6.61 Å². The summed E-state index contributed by atoms with van der Waals surface area (Å²) >= 11 is 0. The van der Waals surface area contributed by atoms with E-state index >= 15 is 0 Å². The number of rotatable bonds is 7. The van der Waals surface area contributed by atoms with Crippen molar-refractivity contribution >= 4 is 0 Å². The summed E-state index contributed by atoms with van der Waals surface area (Å²) < 4.78 is 47.1. The first kappa shape index (κ1) is 26.9. The van der Waals surface area contributed by atoms with Gasteiger partial charge in [-0.2, -0.15) is 0 Å². The molecule has 1 unspecified atom stereocenters. The molecule has 6 heterocycles. The van der Waals surface area contributed by atoms with E-state index < -0.39 is 17.9 Å². The first-order chi connectivity index (χ1) is 19.2. The van der Waals surface area contributed by atoms with E-state index in [1.54, 1.807) is 6.20 Å². The molecule has 220 valence electrons. The molecule has 13 heteroatoms. The fraction of sp³-hybridized carbons (Fsp3) is 0.852. The summed E-state index contributed by atoms with van der Waals surface area (Å²) in [7, 11) is 0. The maximum atomic E-state index is 6.36. The largest absolute Gasteiger partial charge is 0.347 e. The van der Waals surface area contributed by atoms with Crippen LogP contribution in [-0.4, -0.2) is 90.8 Å². The maximum Gasteiger partial charge on any atom is 0.190 e. The Bertz CT molecular complexity index is 1190. The Morgan fingerprint density at radius 1 is 0.850 bits per heavy atom. The van der Waals surface area contributed by atoms with Crippen molar-refractivity contribution in [2.24, 2.45) is 0 Å². The zero-order valence-corrected chi connectivity index (χ0v) is 23.7. The average molecular weight is 561 g/mol. The Hall–Kier alpha value is -2.00. The van der Waals surface area contributed by atoms with Crippen LogP contribution in [0.2, 0.25) is 0 Å². The SMILES string of the molecule is CC1(C)O[C@H]2[C@@H](O1)[C@@H](Cn1nncc1CCc1cn(CC3COC4(CCCCC4)O3)nn1)O[C@@H]1OC(C)(C)O[C@@H]12. The molecule has 13 nitrogen and oxygen atoms in total. The van der Waals surface area contributed by atoms with Crippen LogP contribution in [0.3, 0.4) is 0 Å². The van der Waals surface area contributed by atoms with Crippen LogP contribution >= 0.6 is 0 Å². The topological polar surface area (TPSA) is 126 Å². The molecule has 5 aliphatic rings. The predicted octanol–water partition coefficient (Wildman–Crippen LogP) is 2.13. The molecule has 5 fully saturated rings. The first-order valence-electron chi connectivity index (χ1n) is 14.6. The van der Waals surface area contributed by atoms with E-state index in [2.05, 4.69) is 20.6 Å². The minimum absolute atomic E-state index is 0.00350. The lowest BCUT2D eigenvalue weighted by atomic mass is 9.94. The second kappa shape index (κ2) is 10.1. The molecule has 0 amide bonds. The van der Waals surface area contributed by atoms with Gasteiger partial charge in [0.25, 0.3) is 0 Å².